The minimum Gasteiger partial charge on any atom is -0.463 e. The largest absolute Gasteiger partial charge is 0.463 e. The van der Waals surface area contributed by atoms with Crippen molar-refractivity contribution in [2.75, 3.05) is 152 Å². The highest BCUT2D eigenvalue weighted by Gasteiger charge is 2.02. The Balaban J connectivity index is 3.07. The molecule has 0 aliphatic heterocycles. The van der Waals surface area contributed by atoms with Crippen LogP contribution in [0.3, 0.4) is 0 Å². The SMILES string of the molecule is CCCCCCCCCCCCCCCOCCOCCOCCOCCOCCOCCOCCOCCOCCOCCOCCOC(=O)CCCCC. The second-order valence-electron chi connectivity index (χ2n) is 13.7. The summed E-state index contributed by atoms with van der Waals surface area (Å²) in [5.74, 6) is -0.157. The molecule has 0 saturated heterocycles. The van der Waals surface area contributed by atoms with Gasteiger partial charge in [-0.1, -0.05) is 104 Å². The lowest BCUT2D eigenvalue weighted by Crippen LogP contribution is -2.15. The Hall–Kier alpha value is -0.970. The number of ether oxygens (including phenoxy) is 12. The Morgan fingerprint density at radius 3 is 0.750 bits per heavy atom. The quantitative estimate of drug-likeness (QED) is 0.0448. The van der Waals surface area contributed by atoms with E-state index in [-0.39, 0.29) is 12.6 Å². The van der Waals surface area contributed by atoms with E-state index in [1.807, 2.05) is 0 Å². The molecule has 0 bridgehead atoms. The summed E-state index contributed by atoms with van der Waals surface area (Å²) >= 11 is 0. The van der Waals surface area contributed by atoms with E-state index in [4.69, 9.17) is 56.8 Å². The number of hydrogen-bond donors (Lipinski definition) is 0. The van der Waals surface area contributed by atoms with Gasteiger partial charge in [0.15, 0.2) is 0 Å². The van der Waals surface area contributed by atoms with Crippen molar-refractivity contribution in [3.63, 3.8) is 0 Å². The molecule has 336 valence electrons. The van der Waals surface area contributed by atoms with Crippen LogP contribution in [0.25, 0.3) is 0 Å². The molecule has 0 atom stereocenters. The van der Waals surface area contributed by atoms with Crippen LogP contribution in [-0.4, -0.2) is 158 Å². The molecular weight excluding hydrogens is 724 g/mol. The van der Waals surface area contributed by atoms with Crippen molar-refractivity contribution >= 4 is 5.97 Å². The Labute approximate surface area is 342 Å². The summed E-state index contributed by atoms with van der Waals surface area (Å²) in [6, 6.07) is 0. The normalized spacial score (nSPS) is 11.5. The van der Waals surface area contributed by atoms with Crippen LogP contribution >= 0.6 is 0 Å². The number of unbranched alkanes of at least 4 members (excludes halogenated alkanes) is 14. The summed E-state index contributed by atoms with van der Waals surface area (Å²) in [6.07, 6.45) is 21.3. The monoisotopic (exact) mass is 811 g/mol. The zero-order valence-corrected chi connectivity index (χ0v) is 36.1. The molecule has 0 saturated carbocycles. The van der Waals surface area contributed by atoms with Gasteiger partial charge in [-0.05, 0) is 12.8 Å². The highest BCUT2D eigenvalue weighted by molar-refractivity contribution is 5.69. The first-order valence-corrected chi connectivity index (χ1v) is 22.3. The molecule has 0 aliphatic rings. The minimum atomic E-state index is -0.157. The van der Waals surface area contributed by atoms with Gasteiger partial charge in [-0.25, -0.2) is 0 Å². The van der Waals surface area contributed by atoms with E-state index in [9.17, 15) is 4.79 Å². The van der Waals surface area contributed by atoms with Crippen LogP contribution in [0.5, 0.6) is 0 Å². The maximum Gasteiger partial charge on any atom is 0.305 e. The summed E-state index contributed by atoms with van der Waals surface area (Å²) in [6.45, 7) is 16.3. The van der Waals surface area contributed by atoms with Gasteiger partial charge < -0.3 is 56.8 Å². The molecule has 0 rings (SSSR count). The van der Waals surface area contributed by atoms with Crippen molar-refractivity contribution in [1.29, 1.82) is 0 Å². The van der Waals surface area contributed by atoms with E-state index in [0.29, 0.717) is 145 Å². The molecule has 0 fully saturated rings. The standard InChI is InChI=1S/C43H86O13/c1-3-5-7-8-9-10-11-12-13-14-15-16-18-20-45-21-22-46-23-24-47-25-26-48-27-28-49-29-30-50-31-32-51-33-34-52-35-36-53-37-38-54-39-40-55-41-42-56-43(44)19-17-6-4-2/h3-42H2,1-2H3. The summed E-state index contributed by atoms with van der Waals surface area (Å²) in [5.41, 5.74) is 0. The van der Waals surface area contributed by atoms with Gasteiger partial charge in [0.25, 0.3) is 0 Å². The molecule has 0 aliphatic carbocycles. The summed E-state index contributed by atoms with van der Waals surface area (Å²) in [4.78, 5) is 11.5. The van der Waals surface area contributed by atoms with Crippen LogP contribution in [0, 0.1) is 0 Å². The summed E-state index contributed by atoms with van der Waals surface area (Å²) < 4.78 is 65.8. The van der Waals surface area contributed by atoms with E-state index in [1.165, 1.54) is 77.0 Å². The number of esters is 1. The van der Waals surface area contributed by atoms with E-state index in [0.717, 1.165) is 32.3 Å². The molecule has 13 nitrogen and oxygen atoms in total. The van der Waals surface area contributed by atoms with Gasteiger partial charge in [0.05, 0.1) is 139 Å². The van der Waals surface area contributed by atoms with Crippen LogP contribution in [-0.2, 0) is 61.6 Å². The Bertz CT molecular complexity index is 719. The zero-order valence-electron chi connectivity index (χ0n) is 36.1. The molecule has 0 aromatic carbocycles. The molecule has 0 N–H and O–H groups in total. The van der Waals surface area contributed by atoms with Gasteiger partial charge >= 0.3 is 5.97 Å². The molecular formula is C43H86O13. The highest BCUT2D eigenvalue weighted by Crippen LogP contribution is 2.12. The van der Waals surface area contributed by atoms with E-state index in [2.05, 4.69) is 13.8 Å². The van der Waals surface area contributed by atoms with E-state index >= 15 is 0 Å². The van der Waals surface area contributed by atoms with Gasteiger partial charge in [-0.3, -0.25) is 4.79 Å². The fraction of sp³-hybridized carbons (Fsp3) is 0.977. The molecule has 0 aromatic heterocycles. The number of hydrogen-bond acceptors (Lipinski definition) is 13. The molecule has 56 heavy (non-hydrogen) atoms. The third kappa shape index (κ3) is 51.0. The summed E-state index contributed by atoms with van der Waals surface area (Å²) in [5, 5.41) is 0. The second kappa shape index (κ2) is 52.0. The van der Waals surface area contributed by atoms with Crippen LogP contribution in [0.2, 0.25) is 0 Å². The van der Waals surface area contributed by atoms with E-state index in [1.54, 1.807) is 0 Å². The maximum absolute atomic E-state index is 11.5. The average Bonchev–Trinajstić information content (AvgIpc) is 3.20. The fourth-order valence-electron chi connectivity index (χ4n) is 5.33. The Morgan fingerprint density at radius 1 is 0.250 bits per heavy atom. The third-order valence-electron chi connectivity index (χ3n) is 8.59. The van der Waals surface area contributed by atoms with Crippen molar-refractivity contribution in [2.45, 2.75) is 123 Å². The van der Waals surface area contributed by atoms with Gasteiger partial charge in [-0.2, -0.15) is 0 Å². The van der Waals surface area contributed by atoms with Crippen LogP contribution in [0.15, 0.2) is 0 Å². The minimum absolute atomic E-state index is 0.157. The predicted molar refractivity (Wildman–Crippen MR) is 220 cm³/mol. The van der Waals surface area contributed by atoms with Crippen molar-refractivity contribution in [1.82, 2.24) is 0 Å². The molecule has 0 spiro atoms. The molecule has 0 amide bonds. The Morgan fingerprint density at radius 2 is 0.464 bits per heavy atom. The topological polar surface area (TPSA) is 128 Å². The molecule has 0 aromatic rings. The Kier molecular flexibility index (Phi) is 51.1. The first-order chi connectivity index (χ1) is 27.8. The van der Waals surface area contributed by atoms with Gasteiger partial charge in [0.1, 0.15) is 6.61 Å². The molecule has 0 unspecified atom stereocenters. The zero-order chi connectivity index (χ0) is 40.3. The van der Waals surface area contributed by atoms with Gasteiger partial charge in [0.2, 0.25) is 0 Å². The van der Waals surface area contributed by atoms with Gasteiger partial charge in [0, 0.05) is 13.0 Å². The van der Waals surface area contributed by atoms with Crippen molar-refractivity contribution in [3.8, 4) is 0 Å². The van der Waals surface area contributed by atoms with Crippen molar-refractivity contribution in [3.05, 3.63) is 0 Å². The lowest BCUT2D eigenvalue weighted by atomic mass is 10.0. The third-order valence-corrected chi connectivity index (χ3v) is 8.59. The van der Waals surface area contributed by atoms with Crippen LogP contribution in [0.1, 0.15) is 123 Å². The fourth-order valence-corrected chi connectivity index (χ4v) is 5.33. The van der Waals surface area contributed by atoms with Crippen LogP contribution < -0.4 is 0 Å². The molecule has 13 heteroatoms. The lowest BCUT2D eigenvalue weighted by Gasteiger charge is -2.09. The second-order valence-corrected chi connectivity index (χ2v) is 13.7. The van der Waals surface area contributed by atoms with Crippen LogP contribution in [0.4, 0.5) is 0 Å². The molecule has 0 heterocycles. The lowest BCUT2D eigenvalue weighted by molar-refractivity contribution is -0.145. The first-order valence-electron chi connectivity index (χ1n) is 22.3. The average molecular weight is 811 g/mol. The van der Waals surface area contributed by atoms with Crippen molar-refractivity contribution < 1.29 is 61.6 Å². The molecule has 0 radical (unpaired) electrons. The maximum atomic E-state index is 11.5. The van der Waals surface area contributed by atoms with Crippen molar-refractivity contribution in [2.24, 2.45) is 0 Å². The number of carbonyl (C=O) groups excluding carboxylic acids is 1. The van der Waals surface area contributed by atoms with E-state index < -0.39 is 0 Å². The number of carbonyl (C=O) groups is 1. The number of rotatable bonds is 51. The summed E-state index contributed by atoms with van der Waals surface area (Å²) in [7, 11) is 0. The first kappa shape index (κ1) is 55.0. The highest BCUT2D eigenvalue weighted by atomic mass is 16.6. The van der Waals surface area contributed by atoms with Gasteiger partial charge in [-0.15, -0.1) is 0 Å². The smallest absolute Gasteiger partial charge is 0.305 e. The predicted octanol–water partition coefficient (Wildman–Crippen LogP) is 7.38.